The van der Waals surface area contributed by atoms with Gasteiger partial charge in [-0.2, -0.15) is 0 Å². The molecule has 0 atom stereocenters. The summed E-state index contributed by atoms with van der Waals surface area (Å²) in [4.78, 5) is 0. The minimum atomic E-state index is -0.357. The van der Waals surface area contributed by atoms with E-state index in [4.69, 9.17) is 16.0 Å². The molecule has 0 bridgehead atoms. The van der Waals surface area contributed by atoms with Gasteiger partial charge in [-0.25, -0.2) is 4.39 Å². The second kappa shape index (κ2) is 7.36. The number of hydrogen-bond donors (Lipinski definition) is 1. The monoisotopic (exact) mass is 297 g/mol. The molecule has 4 nitrogen and oxygen atoms in total. The zero-order valence-electron chi connectivity index (χ0n) is 11.3. The summed E-state index contributed by atoms with van der Waals surface area (Å²) in [6, 6.07) is 4.59. The van der Waals surface area contributed by atoms with E-state index < -0.39 is 0 Å². The van der Waals surface area contributed by atoms with Crippen LogP contribution in [-0.2, 0) is 12.8 Å². The van der Waals surface area contributed by atoms with Gasteiger partial charge in [0.2, 0.25) is 11.8 Å². The molecule has 20 heavy (non-hydrogen) atoms. The van der Waals surface area contributed by atoms with Gasteiger partial charge in [-0.1, -0.05) is 24.6 Å². The van der Waals surface area contributed by atoms with E-state index in [1.165, 1.54) is 6.07 Å². The quantitative estimate of drug-likeness (QED) is 0.798. The molecule has 1 aromatic carbocycles. The fourth-order valence-corrected chi connectivity index (χ4v) is 2.08. The van der Waals surface area contributed by atoms with E-state index in [9.17, 15) is 4.39 Å². The molecule has 0 saturated carbocycles. The van der Waals surface area contributed by atoms with Gasteiger partial charge in [-0.3, -0.25) is 0 Å². The van der Waals surface area contributed by atoms with Crippen LogP contribution in [0.3, 0.4) is 0 Å². The lowest BCUT2D eigenvalue weighted by Crippen LogP contribution is -2.14. The van der Waals surface area contributed by atoms with Gasteiger partial charge in [0.1, 0.15) is 5.82 Å². The zero-order chi connectivity index (χ0) is 14.4. The summed E-state index contributed by atoms with van der Waals surface area (Å²) in [7, 11) is 0. The minimum Gasteiger partial charge on any atom is -0.425 e. The number of aromatic nitrogens is 2. The number of nitrogens with one attached hydrogen (secondary N) is 1. The average Bonchev–Trinajstić information content (AvgIpc) is 2.87. The molecule has 0 aliphatic rings. The van der Waals surface area contributed by atoms with Crippen molar-refractivity contribution in [1.82, 2.24) is 15.5 Å². The minimum absolute atomic E-state index is 0.214. The van der Waals surface area contributed by atoms with Crippen molar-refractivity contribution in [3.05, 3.63) is 46.4 Å². The molecule has 0 fully saturated rings. The van der Waals surface area contributed by atoms with E-state index in [1.54, 1.807) is 12.1 Å². The van der Waals surface area contributed by atoms with E-state index in [-0.39, 0.29) is 12.2 Å². The van der Waals surface area contributed by atoms with Gasteiger partial charge in [-0.15, -0.1) is 10.2 Å². The highest BCUT2D eigenvalue weighted by atomic mass is 35.5. The summed E-state index contributed by atoms with van der Waals surface area (Å²) in [6.07, 6.45) is 1.85. The Labute approximate surface area is 122 Å². The summed E-state index contributed by atoms with van der Waals surface area (Å²) < 4.78 is 19.2. The Kier molecular flexibility index (Phi) is 5.49. The van der Waals surface area contributed by atoms with Crippen molar-refractivity contribution in [2.75, 3.05) is 13.1 Å². The zero-order valence-corrected chi connectivity index (χ0v) is 12.1. The van der Waals surface area contributed by atoms with Gasteiger partial charge >= 0.3 is 0 Å². The largest absolute Gasteiger partial charge is 0.425 e. The first-order chi connectivity index (χ1) is 9.70. The van der Waals surface area contributed by atoms with Gasteiger partial charge < -0.3 is 9.73 Å². The fraction of sp³-hybridized carbons (Fsp3) is 0.429. The van der Waals surface area contributed by atoms with Crippen LogP contribution >= 0.6 is 11.6 Å². The van der Waals surface area contributed by atoms with Crippen LogP contribution in [0.4, 0.5) is 4.39 Å². The first-order valence-corrected chi connectivity index (χ1v) is 7.03. The van der Waals surface area contributed by atoms with Crippen LogP contribution in [0.15, 0.2) is 22.6 Å². The van der Waals surface area contributed by atoms with Crippen molar-refractivity contribution in [3.8, 4) is 0 Å². The van der Waals surface area contributed by atoms with Gasteiger partial charge in [0, 0.05) is 17.0 Å². The number of rotatable bonds is 7. The first kappa shape index (κ1) is 14.9. The van der Waals surface area contributed by atoms with Gasteiger partial charge in [0.25, 0.3) is 0 Å². The third kappa shape index (κ3) is 4.02. The van der Waals surface area contributed by atoms with Crippen LogP contribution in [0, 0.1) is 5.82 Å². The number of nitrogens with zero attached hydrogens (tertiary/aromatic N) is 2. The molecule has 0 aliphatic carbocycles. The third-order valence-corrected chi connectivity index (χ3v) is 3.25. The normalized spacial score (nSPS) is 10.9. The molecule has 0 radical (unpaired) electrons. The molecule has 108 valence electrons. The van der Waals surface area contributed by atoms with Crippen LogP contribution in [-0.4, -0.2) is 23.3 Å². The van der Waals surface area contributed by atoms with Crippen molar-refractivity contribution in [1.29, 1.82) is 0 Å². The molecule has 0 saturated heterocycles. The second-order valence-electron chi connectivity index (χ2n) is 4.42. The van der Waals surface area contributed by atoms with Gasteiger partial charge in [-0.05, 0) is 31.6 Å². The Morgan fingerprint density at radius 2 is 2.10 bits per heavy atom. The van der Waals surface area contributed by atoms with E-state index >= 15 is 0 Å². The predicted molar refractivity (Wildman–Crippen MR) is 75.4 cm³/mol. The summed E-state index contributed by atoms with van der Waals surface area (Å²) in [5.41, 5.74) is 0.386. The molecule has 1 heterocycles. The Morgan fingerprint density at radius 3 is 2.85 bits per heavy atom. The van der Waals surface area contributed by atoms with Crippen LogP contribution in [0.25, 0.3) is 0 Å². The summed E-state index contributed by atoms with van der Waals surface area (Å²) >= 11 is 5.97. The van der Waals surface area contributed by atoms with Gasteiger partial charge in [0.15, 0.2) is 0 Å². The summed E-state index contributed by atoms with van der Waals surface area (Å²) in [5.74, 6) is 0.602. The lowest BCUT2D eigenvalue weighted by Gasteiger charge is -2.02. The summed E-state index contributed by atoms with van der Waals surface area (Å²) in [5, 5.41) is 11.5. The highest BCUT2D eigenvalue weighted by Crippen LogP contribution is 2.21. The van der Waals surface area contributed by atoms with Crippen molar-refractivity contribution < 1.29 is 8.81 Å². The molecular weight excluding hydrogens is 281 g/mol. The predicted octanol–water partition coefficient (Wildman–Crippen LogP) is 3.00. The molecule has 0 aliphatic heterocycles. The molecule has 0 spiro atoms. The van der Waals surface area contributed by atoms with Gasteiger partial charge in [0.05, 0.1) is 6.42 Å². The Balaban J connectivity index is 1.96. The maximum atomic E-state index is 13.6. The SMILES string of the molecule is CCNCCCc1nnc(Cc2c(F)cccc2Cl)o1. The highest BCUT2D eigenvalue weighted by molar-refractivity contribution is 6.31. The average molecular weight is 298 g/mol. The fourth-order valence-electron chi connectivity index (χ4n) is 1.85. The van der Waals surface area contributed by atoms with Crippen molar-refractivity contribution in [2.45, 2.75) is 26.2 Å². The second-order valence-corrected chi connectivity index (χ2v) is 4.83. The maximum absolute atomic E-state index is 13.6. The van der Waals surface area contributed by atoms with E-state index in [0.717, 1.165) is 19.5 Å². The number of benzene rings is 1. The van der Waals surface area contributed by atoms with E-state index in [0.29, 0.717) is 28.8 Å². The Hall–Kier alpha value is -1.46. The molecule has 6 heteroatoms. The van der Waals surface area contributed by atoms with Crippen molar-refractivity contribution in [2.24, 2.45) is 0 Å². The van der Waals surface area contributed by atoms with Crippen LogP contribution in [0.1, 0.15) is 30.7 Å². The van der Waals surface area contributed by atoms with E-state index in [2.05, 4.69) is 22.4 Å². The smallest absolute Gasteiger partial charge is 0.221 e. The lowest BCUT2D eigenvalue weighted by molar-refractivity contribution is 0.447. The maximum Gasteiger partial charge on any atom is 0.221 e. The molecule has 0 unspecified atom stereocenters. The number of hydrogen-bond acceptors (Lipinski definition) is 4. The molecule has 2 aromatic rings. The van der Waals surface area contributed by atoms with Crippen molar-refractivity contribution in [3.63, 3.8) is 0 Å². The Bertz CT molecular complexity index is 539. The van der Waals surface area contributed by atoms with Crippen LogP contribution < -0.4 is 5.32 Å². The summed E-state index contributed by atoms with van der Waals surface area (Å²) in [6.45, 7) is 3.91. The van der Waals surface area contributed by atoms with E-state index in [1.807, 2.05) is 0 Å². The molecule has 1 N–H and O–H groups in total. The highest BCUT2D eigenvalue weighted by Gasteiger charge is 2.12. The first-order valence-electron chi connectivity index (χ1n) is 6.65. The Morgan fingerprint density at radius 1 is 1.30 bits per heavy atom. The molecule has 1 aromatic heterocycles. The molecule has 0 amide bonds. The van der Waals surface area contributed by atoms with Crippen LogP contribution in [0.2, 0.25) is 5.02 Å². The molecule has 2 rings (SSSR count). The topological polar surface area (TPSA) is 51.0 Å². The molecular formula is C14H17ClFN3O. The van der Waals surface area contributed by atoms with Crippen molar-refractivity contribution >= 4 is 11.6 Å². The number of aryl methyl sites for hydroxylation is 1. The third-order valence-electron chi connectivity index (χ3n) is 2.89. The lowest BCUT2D eigenvalue weighted by atomic mass is 10.1. The standard InChI is InChI=1S/C14H17ClFN3O/c1-2-17-8-4-7-13-18-19-14(20-13)9-10-11(15)5-3-6-12(10)16/h3,5-6,17H,2,4,7-9H2,1H3. The van der Waals surface area contributed by atoms with Crippen LogP contribution in [0.5, 0.6) is 0 Å². The number of halogens is 2.